The average Bonchev–Trinajstić information content (AvgIpc) is 2.39. The van der Waals surface area contributed by atoms with Crippen LogP contribution in [0.2, 0.25) is 0 Å². The van der Waals surface area contributed by atoms with Crippen molar-refractivity contribution in [3.05, 3.63) is 23.8 Å². The van der Waals surface area contributed by atoms with Crippen LogP contribution in [0.1, 0.15) is 12.0 Å². The fourth-order valence-corrected chi connectivity index (χ4v) is 1.53. The summed E-state index contributed by atoms with van der Waals surface area (Å²) in [5.41, 5.74) is 1.10. The van der Waals surface area contributed by atoms with E-state index in [9.17, 15) is 4.79 Å². The summed E-state index contributed by atoms with van der Waals surface area (Å²) < 4.78 is 10.8. The highest BCUT2D eigenvalue weighted by Crippen LogP contribution is 2.28. The predicted molar refractivity (Wildman–Crippen MR) is 69.9 cm³/mol. The number of carbonyl (C=O) groups is 1. The molecule has 0 aromatic heterocycles. The van der Waals surface area contributed by atoms with Crippen LogP contribution in [0.5, 0.6) is 11.5 Å². The highest BCUT2D eigenvalue weighted by molar-refractivity contribution is 5.75. The number of ether oxygens (including phenoxy) is 2. The fraction of sp³-hybridized carbons (Fsp3) is 0.462. The molecule has 100 valence electrons. The minimum atomic E-state index is -0.0413. The number of hydrogen-bond acceptors (Lipinski definition) is 4. The molecule has 0 saturated heterocycles. The van der Waals surface area contributed by atoms with E-state index in [-0.39, 0.29) is 5.91 Å². The molecule has 0 unspecified atom stereocenters. The lowest BCUT2D eigenvalue weighted by Crippen LogP contribution is -2.20. The molecule has 1 aromatic carbocycles. The Morgan fingerprint density at radius 3 is 2.67 bits per heavy atom. The van der Waals surface area contributed by atoms with Crippen molar-refractivity contribution in [2.45, 2.75) is 13.0 Å². The largest absolute Gasteiger partial charge is 0.493 e. The monoisotopic (exact) mass is 252 g/mol. The zero-order valence-corrected chi connectivity index (χ0v) is 11.1. The maximum atomic E-state index is 11.1. The lowest BCUT2D eigenvalue weighted by Gasteiger charge is -2.12. The molecule has 0 aliphatic rings. The molecule has 5 heteroatoms. The van der Waals surface area contributed by atoms with Gasteiger partial charge in [-0.3, -0.25) is 4.79 Å². The number of hydrogen-bond donors (Lipinski definition) is 2. The Morgan fingerprint density at radius 2 is 2.06 bits per heavy atom. The topological polar surface area (TPSA) is 59.6 Å². The van der Waals surface area contributed by atoms with Gasteiger partial charge in [0.05, 0.1) is 20.1 Å². The van der Waals surface area contributed by atoms with Gasteiger partial charge in [0, 0.05) is 13.6 Å². The van der Waals surface area contributed by atoms with Gasteiger partial charge < -0.3 is 20.1 Å². The van der Waals surface area contributed by atoms with E-state index >= 15 is 0 Å². The summed E-state index contributed by atoms with van der Waals surface area (Å²) in [7, 11) is 5.09. The van der Waals surface area contributed by atoms with E-state index < -0.39 is 0 Å². The predicted octanol–water partition coefficient (Wildman–Crippen LogP) is 0.929. The van der Waals surface area contributed by atoms with Crippen molar-refractivity contribution in [3.63, 3.8) is 0 Å². The first-order valence-electron chi connectivity index (χ1n) is 5.86. The third-order valence-electron chi connectivity index (χ3n) is 2.47. The summed E-state index contributed by atoms with van der Waals surface area (Å²) in [5, 5.41) is 5.62. The van der Waals surface area contributed by atoms with Crippen LogP contribution in [0.25, 0.3) is 0 Å². The van der Waals surface area contributed by atoms with Crippen molar-refractivity contribution >= 4 is 5.91 Å². The Morgan fingerprint density at radius 1 is 1.28 bits per heavy atom. The van der Waals surface area contributed by atoms with Crippen LogP contribution in [0.3, 0.4) is 0 Å². The van der Waals surface area contributed by atoms with Crippen LogP contribution in [0, 0.1) is 0 Å². The van der Waals surface area contributed by atoms with E-state index in [1.165, 1.54) is 0 Å². The van der Waals surface area contributed by atoms with Gasteiger partial charge in [-0.1, -0.05) is 6.07 Å². The van der Waals surface area contributed by atoms with Gasteiger partial charge >= 0.3 is 0 Å². The van der Waals surface area contributed by atoms with E-state index in [1.54, 1.807) is 14.2 Å². The molecule has 0 radical (unpaired) electrons. The molecule has 0 spiro atoms. The van der Waals surface area contributed by atoms with Crippen LogP contribution in [0.15, 0.2) is 18.2 Å². The summed E-state index contributed by atoms with van der Waals surface area (Å²) in [6.07, 6.45) is 0.329. The van der Waals surface area contributed by atoms with Crippen molar-refractivity contribution < 1.29 is 14.3 Å². The molecule has 1 rings (SSSR count). The Kier molecular flexibility index (Phi) is 6.00. The quantitative estimate of drug-likeness (QED) is 0.758. The minimum Gasteiger partial charge on any atom is -0.493 e. The van der Waals surface area contributed by atoms with Gasteiger partial charge in [-0.15, -0.1) is 0 Å². The number of methoxy groups -OCH3 is 1. The van der Waals surface area contributed by atoms with Crippen LogP contribution in [0.4, 0.5) is 0 Å². The number of benzene rings is 1. The van der Waals surface area contributed by atoms with Crippen molar-refractivity contribution in [2.24, 2.45) is 0 Å². The van der Waals surface area contributed by atoms with Crippen LogP contribution in [-0.2, 0) is 11.3 Å². The molecule has 0 saturated carbocycles. The summed E-state index contributed by atoms with van der Waals surface area (Å²) in [4.78, 5) is 11.1. The highest BCUT2D eigenvalue weighted by Gasteiger charge is 2.06. The summed E-state index contributed by atoms with van der Waals surface area (Å²) in [6, 6.07) is 5.75. The molecule has 1 aromatic rings. The molecule has 5 nitrogen and oxygen atoms in total. The van der Waals surface area contributed by atoms with Gasteiger partial charge in [0.2, 0.25) is 5.91 Å². The number of carbonyl (C=O) groups excluding carboxylic acids is 1. The zero-order valence-electron chi connectivity index (χ0n) is 11.1. The van der Waals surface area contributed by atoms with Crippen molar-refractivity contribution in [1.82, 2.24) is 10.6 Å². The smallest absolute Gasteiger partial charge is 0.223 e. The van der Waals surface area contributed by atoms with E-state index in [4.69, 9.17) is 9.47 Å². The number of nitrogens with one attached hydrogen (secondary N) is 2. The van der Waals surface area contributed by atoms with Crippen molar-refractivity contribution in [2.75, 3.05) is 27.8 Å². The van der Waals surface area contributed by atoms with Crippen LogP contribution in [-0.4, -0.2) is 33.7 Å². The maximum Gasteiger partial charge on any atom is 0.223 e. The van der Waals surface area contributed by atoms with E-state index in [0.717, 1.165) is 12.1 Å². The van der Waals surface area contributed by atoms with E-state index in [2.05, 4.69) is 10.6 Å². The van der Waals surface area contributed by atoms with Gasteiger partial charge in [0.15, 0.2) is 11.5 Å². The summed E-state index contributed by atoms with van der Waals surface area (Å²) >= 11 is 0. The Balaban J connectivity index is 2.65. The van der Waals surface area contributed by atoms with Crippen LogP contribution >= 0.6 is 0 Å². The Labute approximate surface area is 107 Å². The third kappa shape index (κ3) is 4.25. The maximum absolute atomic E-state index is 11.1. The molecule has 0 atom stereocenters. The van der Waals surface area contributed by atoms with Crippen molar-refractivity contribution in [3.8, 4) is 11.5 Å². The number of rotatable bonds is 7. The SMILES string of the molecule is CNCc1ccc(OC)c(OCCC(=O)NC)c1. The van der Waals surface area contributed by atoms with Crippen molar-refractivity contribution in [1.29, 1.82) is 0 Å². The van der Waals surface area contributed by atoms with E-state index in [0.29, 0.717) is 24.5 Å². The zero-order chi connectivity index (χ0) is 13.4. The minimum absolute atomic E-state index is 0.0413. The molecule has 0 heterocycles. The first-order chi connectivity index (χ1) is 8.71. The highest BCUT2D eigenvalue weighted by atomic mass is 16.5. The normalized spacial score (nSPS) is 9.94. The second kappa shape index (κ2) is 7.55. The van der Waals surface area contributed by atoms with Crippen LogP contribution < -0.4 is 20.1 Å². The lowest BCUT2D eigenvalue weighted by atomic mass is 10.2. The lowest BCUT2D eigenvalue weighted by molar-refractivity contribution is -0.121. The Hall–Kier alpha value is -1.75. The first-order valence-corrected chi connectivity index (χ1v) is 5.86. The molecule has 0 aliphatic heterocycles. The second-order valence-corrected chi connectivity index (χ2v) is 3.79. The van der Waals surface area contributed by atoms with Gasteiger partial charge in [-0.2, -0.15) is 0 Å². The molecule has 0 fully saturated rings. The Bertz CT molecular complexity index is 394. The van der Waals surface area contributed by atoms with Gasteiger partial charge in [0.1, 0.15) is 0 Å². The molecule has 18 heavy (non-hydrogen) atoms. The molecule has 1 amide bonds. The van der Waals surface area contributed by atoms with Gasteiger partial charge in [-0.25, -0.2) is 0 Å². The van der Waals surface area contributed by atoms with E-state index in [1.807, 2.05) is 25.2 Å². The summed E-state index contributed by atoms with van der Waals surface area (Å²) in [6.45, 7) is 1.09. The number of amides is 1. The molecule has 0 aliphatic carbocycles. The first kappa shape index (κ1) is 14.3. The second-order valence-electron chi connectivity index (χ2n) is 3.79. The van der Waals surface area contributed by atoms with Gasteiger partial charge in [-0.05, 0) is 24.7 Å². The fourth-order valence-electron chi connectivity index (χ4n) is 1.53. The van der Waals surface area contributed by atoms with Gasteiger partial charge in [0.25, 0.3) is 0 Å². The molecule has 2 N–H and O–H groups in total. The molecule has 0 bridgehead atoms. The molecular weight excluding hydrogens is 232 g/mol. The average molecular weight is 252 g/mol. The standard InChI is InChI=1S/C13H20N2O3/c1-14-9-10-4-5-11(17-3)12(8-10)18-7-6-13(16)15-2/h4-5,8,14H,6-7,9H2,1-3H3,(H,15,16). The molecular formula is C13H20N2O3. The summed E-state index contributed by atoms with van der Waals surface area (Å²) in [5.74, 6) is 1.29. The third-order valence-corrected chi connectivity index (χ3v) is 2.47.